The van der Waals surface area contributed by atoms with E-state index >= 15 is 0 Å². The predicted molar refractivity (Wildman–Crippen MR) is 80.7 cm³/mol. The van der Waals surface area contributed by atoms with Crippen LogP contribution in [0.4, 0.5) is 11.5 Å². The molecule has 1 heterocycles. The molecule has 0 aliphatic rings. The number of anilines is 2. The van der Waals surface area contributed by atoms with E-state index in [1.807, 2.05) is 0 Å². The van der Waals surface area contributed by atoms with Crippen LogP contribution in [-0.2, 0) is 10.0 Å². The van der Waals surface area contributed by atoms with Crippen molar-refractivity contribution in [3.05, 3.63) is 46.1 Å². The molecule has 2 rings (SSSR count). The molecule has 8 heteroatoms. The summed E-state index contributed by atoms with van der Waals surface area (Å²) in [5.74, 6) is 0.121. The van der Waals surface area contributed by atoms with E-state index in [0.717, 1.165) is 0 Å². The fraction of sp³-hybridized carbons (Fsp3) is 0.0833. The topological polar surface area (TPSA) is 85.1 Å². The summed E-state index contributed by atoms with van der Waals surface area (Å²) in [4.78, 5) is 3.87. The molecule has 0 bridgehead atoms. The molecule has 20 heavy (non-hydrogen) atoms. The van der Waals surface area contributed by atoms with Gasteiger partial charge < -0.3 is 5.73 Å². The molecule has 5 nitrogen and oxygen atoms in total. The molecule has 0 unspecified atom stereocenters. The zero-order valence-corrected chi connectivity index (χ0v) is 12.7. The maximum atomic E-state index is 12.3. The zero-order chi connectivity index (χ0) is 14.9. The van der Waals surface area contributed by atoms with Crippen molar-refractivity contribution in [1.29, 1.82) is 0 Å². The second-order valence-corrected chi connectivity index (χ2v) is 6.54. The van der Waals surface area contributed by atoms with Gasteiger partial charge in [-0.25, -0.2) is 13.4 Å². The third-order valence-corrected chi connectivity index (χ3v) is 4.52. The van der Waals surface area contributed by atoms with Gasteiger partial charge >= 0.3 is 0 Å². The van der Waals surface area contributed by atoms with Crippen LogP contribution in [0.1, 0.15) is 5.56 Å². The molecule has 0 aliphatic carbocycles. The molecule has 1 aromatic carbocycles. The van der Waals surface area contributed by atoms with Crippen molar-refractivity contribution in [2.24, 2.45) is 0 Å². The number of nitrogens with one attached hydrogen (secondary N) is 1. The first kappa shape index (κ1) is 14.9. The first-order chi connectivity index (χ1) is 9.29. The van der Waals surface area contributed by atoms with Crippen LogP contribution in [0.3, 0.4) is 0 Å². The third kappa shape index (κ3) is 3.15. The van der Waals surface area contributed by atoms with Gasteiger partial charge in [-0.2, -0.15) is 0 Å². The molecule has 0 saturated carbocycles. The molecule has 3 N–H and O–H groups in total. The summed E-state index contributed by atoms with van der Waals surface area (Å²) in [5, 5.41) is 0.431. The SMILES string of the molecule is Cc1c(N)cc(Cl)cc1S(=O)(=O)Nc1cccc(Cl)n1. The van der Waals surface area contributed by atoms with E-state index in [0.29, 0.717) is 11.3 Å². The lowest BCUT2D eigenvalue weighted by Gasteiger charge is -2.12. The number of rotatable bonds is 3. The first-order valence-electron chi connectivity index (χ1n) is 5.50. The van der Waals surface area contributed by atoms with E-state index in [9.17, 15) is 8.42 Å². The van der Waals surface area contributed by atoms with Crippen molar-refractivity contribution in [1.82, 2.24) is 4.98 Å². The highest BCUT2D eigenvalue weighted by atomic mass is 35.5. The molecule has 0 amide bonds. The minimum Gasteiger partial charge on any atom is -0.398 e. The van der Waals surface area contributed by atoms with E-state index in [-0.39, 0.29) is 20.9 Å². The van der Waals surface area contributed by atoms with Gasteiger partial charge in [0.2, 0.25) is 0 Å². The Morgan fingerprint density at radius 3 is 2.60 bits per heavy atom. The van der Waals surface area contributed by atoms with Crippen molar-refractivity contribution in [3.63, 3.8) is 0 Å². The van der Waals surface area contributed by atoms with E-state index < -0.39 is 10.0 Å². The maximum Gasteiger partial charge on any atom is 0.263 e. The van der Waals surface area contributed by atoms with E-state index in [4.69, 9.17) is 28.9 Å². The van der Waals surface area contributed by atoms with Crippen LogP contribution in [0, 0.1) is 6.92 Å². The third-order valence-electron chi connectivity index (χ3n) is 2.61. The number of aromatic nitrogens is 1. The van der Waals surface area contributed by atoms with Crippen molar-refractivity contribution in [3.8, 4) is 0 Å². The normalized spacial score (nSPS) is 11.3. The highest BCUT2D eigenvalue weighted by Crippen LogP contribution is 2.27. The largest absolute Gasteiger partial charge is 0.398 e. The Labute approximate surface area is 126 Å². The molecule has 106 valence electrons. The Kier molecular flexibility index (Phi) is 4.08. The van der Waals surface area contributed by atoms with E-state index in [2.05, 4.69) is 9.71 Å². The molecular weight excluding hydrogens is 321 g/mol. The maximum absolute atomic E-state index is 12.3. The van der Waals surface area contributed by atoms with Crippen LogP contribution in [-0.4, -0.2) is 13.4 Å². The highest BCUT2D eigenvalue weighted by Gasteiger charge is 2.20. The Bertz CT molecular complexity index is 763. The number of halogens is 2. The number of sulfonamides is 1. The number of hydrogen-bond donors (Lipinski definition) is 2. The summed E-state index contributed by atoms with van der Waals surface area (Å²) in [5.41, 5.74) is 6.45. The Morgan fingerprint density at radius 2 is 1.95 bits per heavy atom. The van der Waals surface area contributed by atoms with Crippen molar-refractivity contribution in [2.75, 3.05) is 10.5 Å². The van der Waals surface area contributed by atoms with Gasteiger partial charge in [0.05, 0.1) is 4.90 Å². The molecule has 0 radical (unpaired) electrons. The van der Waals surface area contributed by atoms with E-state index in [1.54, 1.807) is 19.1 Å². The first-order valence-corrected chi connectivity index (χ1v) is 7.74. The number of nitrogens with zero attached hydrogens (tertiary/aromatic N) is 1. The Balaban J connectivity index is 2.46. The van der Waals surface area contributed by atoms with Crippen LogP contribution in [0.15, 0.2) is 35.2 Å². The number of benzene rings is 1. The quantitative estimate of drug-likeness (QED) is 0.668. The number of nitrogen functional groups attached to an aromatic ring is 1. The monoisotopic (exact) mass is 331 g/mol. The van der Waals surface area contributed by atoms with Crippen LogP contribution in [0.25, 0.3) is 0 Å². The lowest BCUT2D eigenvalue weighted by Crippen LogP contribution is -2.16. The average molecular weight is 332 g/mol. The summed E-state index contributed by atoms with van der Waals surface area (Å²) in [6.07, 6.45) is 0. The standard InChI is InChI=1S/C12H11Cl2N3O2S/c1-7-9(15)5-8(13)6-10(7)20(18,19)17-12-4-2-3-11(14)16-12/h2-6H,15H2,1H3,(H,16,17). The van der Waals surface area contributed by atoms with Crippen LogP contribution < -0.4 is 10.5 Å². The Morgan fingerprint density at radius 1 is 1.25 bits per heavy atom. The number of nitrogens with two attached hydrogens (primary N) is 1. The molecule has 0 aliphatic heterocycles. The molecule has 1 aromatic heterocycles. The number of pyridine rings is 1. The zero-order valence-electron chi connectivity index (χ0n) is 10.4. The molecule has 0 atom stereocenters. The second-order valence-electron chi connectivity index (χ2n) is 4.07. The van der Waals surface area contributed by atoms with Gasteiger partial charge in [-0.15, -0.1) is 0 Å². The van der Waals surface area contributed by atoms with E-state index in [1.165, 1.54) is 18.2 Å². The minimum atomic E-state index is -3.84. The average Bonchev–Trinajstić information content (AvgIpc) is 2.33. The van der Waals surface area contributed by atoms with Gasteiger partial charge in [0.15, 0.2) is 0 Å². The van der Waals surface area contributed by atoms with Crippen LogP contribution in [0.5, 0.6) is 0 Å². The van der Waals surface area contributed by atoms with Crippen LogP contribution >= 0.6 is 23.2 Å². The molecule has 0 spiro atoms. The second kappa shape index (κ2) is 5.47. The lowest BCUT2D eigenvalue weighted by atomic mass is 10.2. The van der Waals surface area contributed by atoms with Gasteiger partial charge in [0.25, 0.3) is 10.0 Å². The fourth-order valence-electron chi connectivity index (χ4n) is 1.61. The highest BCUT2D eigenvalue weighted by molar-refractivity contribution is 7.92. The summed E-state index contributed by atoms with van der Waals surface area (Å²) in [7, 11) is -3.84. The number of hydrogen-bond acceptors (Lipinski definition) is 4. The van der Waals surface area contributed by atoms with Gasteiger partial charge in [-0.05, 0) is 36.8 Å². The predicted octanol–water partition coefficient (Wildman–Crippen LogP) is 3.08. The van der Waals surface area contributed by atoms with Crippen molar-refractivity contribution < 1.29 is 8.42 Å². The lowest BCUT2D eigenvalue weighted by molar-refractivity contribution is 0.600. The molecule has 0 saturated heterocycles. The van der Waals surface area contributed by atoms with Gasteiger partial charge in [0, 0.05) is 10.7 Å². The molecular formula is C12H11Cl2N3O2S. The smallest absolute Gasteiger partial charge is 0.263 e. The molecule has 0 fully saturated rings. The summed E-state index contributed by atoms with van der Waals surface area (Å²) < 4.78 is 27.0. The van der Waals surface area contributed by atoms with Crippen molar-refractivity contribution in [2.45, 2.75) is 11.8 Å². The fourth-order valence-corrected chi connectivity index (χ4v) is 3.37. The minimum absolute atomic E-state index is 0.00396. The molecule has 2 aromatic rings. The van der Waals surface area contributed by atoms with Gasteiger partial charge in [-0.1, -0.05) is 29.3 Å². The van der Waals surface area contributed by atoms with Gasteiger partial charge in [0.1, 0.15) is 11.0 Å². The summed E-state index contributed by atoms with van der Waals surface area (Å²) in [6, 6.07) is 7.45. The summed E-state index contributed by atoms with van der Waals surface area (Å²) >= 11 is 11.6. The summed E-state index contributed by atoms with van der Waals surface area (Å²) in [6.45, 7) is 1.60. The van der Waals surface area contributed by atoms with Gasteiger partial charge in [-0.3, -0.25) is 4.72 Å². The van der Waals surface area contributed by atoms with Crippen LogP contribution in [0.2, 0.25) is 10.2 Å². The van der Waals surface area contributed by atoms with Crippen molar-refractivity contribution >= 4 is 44.7 Å². The Hall–Kier alpha value is -1.50.